The summed E-state index contributed by atoms with van der Waals surface area (Å²) >= 11 is 0. The molecule has 0 radical (unpaired) electrons. The third kappa shape index (κ3) is 4.48. The Hall–Kier alpha value is -3.62. The zero-order valence-corrected chi connectivity index (χ0v) is 17.4. The molecule has 1 aliphatic carbocycles. The Bertz CT molecular complexity index is 1130. The number of alkyl carbamates (subject to hydrolysis) is 1. The zero-order valence-electron chi connectivity index (χ0n) is 17.4. The Morgan fingerprint density at radius 3 is 2.09 bits per heavy atom. The van der Waals surface area contributed by atoms with E-state index in [1.807, 2.05) is 48.5 Å². The van der Waals surface area contributed by atoms with E-state index in [4.69, 9.17) is 4.74 Å². The molecule has 0 aromatic heterocycles. The quantitative estimate of drug-likeness (QED) is 0.474. The van der Waals surface area contributed by atoms with Crippen molar-refractivity contribution in [1.29, 1.82) is 0 Å². The number of benzene rings is 3. The van der Waals surface area contributed by atoms with Gasteiger partial charge in [0.1, 0.15) is 30.4 Å². The van der Waals surface area contributed by atoms with Crippen LogP contribution in [0.1, 0.15) is 39.1 Å². The maximum atomic E-state index is 13.8. The lowest BCUT2D eigenvalue weighted by molar-refractivity contribution is 0.0182. The van der Waals surface area contributed by atoms with Crippen molar-refractivity contribution >= 4 is 12.4 Å². The van der Waals surface area contributed by atoms with Crippen LogP contribution in [0.5, 0.6) is 0 Å². The summed E-state index contributed by atoms with van der Waals surface area (Å²) in [5, 5.41) is 22.6. The molecule has 0 spiro atoms. The van der Waals surface area contributed by atoms with Gasteiger partial charge in [-0.3, -0.25) is 4.79 Å². The normalized spacial score (nSPS) is 14.2. The highest BCUT2D eigenvalue weighted by Crippen LogP contribution is 2.44. The summed E-state index contributed by atoms with van der Waals surface area (Å²) in [5.74, 6) is -2.45. The first-order valence-corrected chi connectivity index (χ1v) is 10.3. The summed E-state index contributed by atoms with van der Waals surface area (Å²) in [5.41, 5.74) is 3.23. The molecule has 2 unspecified atom stereocenters. The first kappa shape index (κ1) is 22.6. The fraction of sp³-hybridized carbons (Fsp3) is 0.200. The highest BCUT2D eigenvalue weighted by atomic mass is 19.1. The van der Waals surface area contributed by atoms with Crippen LogP contribution in [-0.4, -0.2) is 41.8 Å². The highest BCUT2D eigenvalue weighted by molar-refractivity contribution is 5.79. The van der Waals surface area contributed by atoms with Gasteiger partial charge in [0.2, 0.25) is 0 Å². The molecule has 3 aromatic carbocycles. The van der Waals surface area contributed by atoms with Gasteiger partial charge in [0.15, 0.2) is 6.29 Å². The Morgan fingerprint density at radius 2 is 1.55 bits per heavy atom. The van der Waals surface area contributed by atoms with Crippen molar-refractivity contribution in [3.8, 4) is 11.1 Å². The average molecular weight is 453 g/mol. The van der Waals surface area contributed by atoms with Gasteiger partial charge in [0, 0.05) is 12.5 Å². The molecule has 2 atom stereocenters. The van der Waals surface area contributed by atoms with Gasteiger partial charge in [-0.05, 0) is 39.9 Å². The van der Waals surface area contributed by atoms with Crippen LogP contribution in [0.3, 0.4) is 0 Å². The summed E-state index contributed by atoms with van der Waals surface area (Å²) in [6.07, 6.45) is -4.04. The standard InChI is InChI=1S/C25H21F2NO5/c26-21-9-14(10-22(27)19(21)12-29)24(31)23(30)11-28-25(32)33-13-20-17-7-3-1-5-15(17)16-6-2-4-8-18(16)20/h1-10,12,20,23-24,30-31H,11,13H2,(H,28,32). The van der Waals surface area contributed by atoms with Crippen molar-refractivity contribution in [3.05, 3.63) is 94.6 Å². The molecule has 4 rings (SSSR count). The first-order valence-electron chi connectivity index (χ1n) is 10.3. The molecule has 33 heavy (non-hydrogen) atoms. The van der Waals surface area contributed by atoms with Crippen LogP contribution in [0.4, 0.5) is 13.6 Å². The van der Waals surface area contributed by atoms with Crippen LogP contribution >= 0.6 is 0 Å². The van der Waals surface area contributed by atoms with Gasteiger partial charge >= 0.3 is 6.09 Å². The van der Waals surface area contributed by atoms with E-state index in [1.54, 1.807) is 0 Å². The molecule has 0 saturated carbocycles. The number of aliphatic hydroxyl groups is 2. The SMILES string of the molecule is O=Cc1c(F)cc(C(O)C(O)CNC(=O)OCC2c3ccccc3-c3ccccc32)cc1F. The minimum atomic E-state index is -1.69. The van der Waals surface area contributed by atoms with Crippen molar-refractivity contribution in [2.75, 3.05) is 13.2 Å². The van der Waals surface area contributed by atoms with Crippen molar-refractivity contribution in [2.45, 2.75) is 18.1 Å². The van der Waals surface area contributed by atoms with E-state index in [9.17, 15) is 28.6 Å². The number of amides is 1. The molecule has 1 aliphatic rings. The predicted octanol–water partition coefficient (Wildman–Crippen LogP) is 3.71. The van der Waals surface area contributed by atoms with E-state index in [0.717, 1.165) is 34.4 Å². The number of carbonyl (C=O) groups is 2. The molecule has 1 amide bonds. The number of aldehydes is 1. The van der Waals surface area contributed by atoms with Gasteiger partial charge in [0.05, 0.1) is 5.56 Å². The third-order valence-corrected chi connectivity index (χ3v) is 5.72. The van der Waals surface area contributed by atoms with E-state index in [-0.39, 0.29) is 24.4 Å². The smallest absolute Gasteiger partial charge is 0.407 e. The molecule has 6 nitrogen and oxygen atoms in total. The maximum absolute atomic E-state index is 13.8. The molecule has 3 aromatic rings. The number of ether oxygens (including phenoxy) is 1. The lowest BCUT2D eigenvalue weighted by Crippen LogP contribution is -2.36. The molecule has 0 heterocycles. The largest absolute Gasteiger partial charge is 0.449 e. The third-order valence-electron chi connectivity index (χ3n) is 5.72. The first-order chi connectivity index (χ1) is 15.9. The van der Waals surface area contributed by atoms with Crippen LogP contribution in [0.25, 0.3) is 11.1 Å². The van der Waals surface area contributed by atoms with Crippen molar-refractivity contribution < 1.29 is 33.3 Å². The number of halogens is 2. The Balaban J connectivity index is 1.35. The second-order valence-electron chi connectivity index (χ2n) is 7.73. The molecule has 0 fully saturated rings. The number of carbonyl (C=O) groups excluding carboxylic acids is 2. The van der Waals surface area contributed by atoms with E-state index in [1.165, 1.54) is 0 Å². The van der Waals surface area contributed by atoms with Crippen molar-refractivity contribution in [2.24, 2.45) is 0 Å². The molecule has 3 N–H and O–H groups in total. The Kier molecular flexibility index (Phi) is 6.48. The fourth-order valence-electron chi connectivity index (χ4n) is 4.06. The minimum absolute atomic E-state index is 0.0238. The summed E-state index contributed by atoms with van der Waals surface area (Å²) in [7, 11) is 0. The lowest BCUT2D eigenvalue weighted by Gasteiger charge is -2.20. The van der Waals surface area contributed by atoms with E-state index in [0.29, 0.717) is 0 Å². The summed E-state index contributed by atoms with van der Waals surface area (Å²) < 4.78 is 32.9. The van der Waals surface area contributed by atoms with Crippen LogP contribution < -0.4 is 5.32 Å². The van der Waals surface area contributed by atoms with E-state index < -0.39 is 42.0 Å². The summed E-state index contributed by atoms with van der Waals surface area (Å²) in [6, 6.07) is 17.2. The maximum Gasteiger partial charge on any atom is 0.407 e. The van der Waals surface area contributed by atoms with Gasteiger partial charge in [-0.15, -0.1) is 0 Å². The molecule has 170 valence electrons. The van der Waals surface area contributed by atoms with Crippen molar-refractivity contribution in [3.63, 3.8) is 0 Å². The van der Waals surface area contributed by atoms with Crippen LogP contribution in [0.2, 0.25) is 0 Å². The Labute approximate surface area is 188 Å². The highest BCUT2D eigenvalue weighted by Gasteiger charge is 2.29. The van der Waals surface area contributed by atoms with Crippen molar-refractivity contribution in [1.82, 2.24) is 5.32 Å². The summed E-state index contributed by atoms with van der Waals surface area (Å²) in [4.78, 5) is 22.9. The van der Waals surface area contributed by atoms with Gasteiger partial charge < -0.3 is 20.3 Å². The molecule has 0 bridgehead atoms. The Morgan fingerprint density at radius 1 is 1.00 bits per heavy atom. The summed E-state index contributed by atoms with van der Waals surface area (Å²) in [6.45, 7) is -0.349. The molecular weight excluding hydrogens is 432 g/mol. The number of hydrogen-bond acceptors (Lipinski definition) is 5. The topological polar surface area (TPSA) is 95.9 Å². The van der Waals surface area contributed by atoms with Crippen LogP contribution in [-0.2, 0) is 4.74 Å². The van der Waals surface area contributed by atoms with Crippen LogP contribution in [0.15, 0.2) is 60.7 Å². The lowest BCUT2D eigenvalue weighted by atomic mass is 9.98. The molecule has 8 heteroatoms. The number of nitrogens with one attached hydrogen (secondary N) is 1. The average Bonchev–Trinajstić information content (AvgIpc) is 3.14. The van der Waals surface area contributed by atoms with Crippen LogP contribution in [0, 0.1) is 11.6 Å². The number of rotatable bonds is 7. The number of hydrogen-bond donors (Lipinski definition) is 3. The van der Waals surface area contributed by atoms with E-state index >= 15 is 0 Å². The van der Waals surface area contributed by atoms with Gasteiger partial charge in [-0.25, -0.2) is 13.6 Å². The number of aliphatic hydroxyl groups excluding tert-OH is 2. The minimum Gasteiger partial charge on any atom is -0.449 e. The van der Waals surface area contributed by atoms with Gasteiger partial charge in [-0.1, -0.05) is 48.5 Å². The fourth-order valence-corrected chi connectivity index (χ4v) is 4.06. The predicted molar refractivity (Wildman–Crippen MR) is 116 cm³/mol. The van der Waals surface area contributed by atoms with Gasteiger partial charge in [0.25, 0.3) is 0 Å². The monoisotopic (exact) mass is 453 g/mol. The zero-order chi connectivity index (χ0) is 23.5. The molecule has 0 aliphatic heterocycles. The molecule has 0 saturated heterocycles. The van der Waals surface area contributed by atoms with E-state index in [2.05, 4.69) is 5.32 Å². The second-order valence-corrected chi connectivity index (χ2v) is 7.73. The second kappa shape index (κ2) is 9.48. The van der Waals surface area contributed by atoms with Gasteiger partial charge in [-0.2, -0.15) is 0 Å². The molecular formula is C25H21F2NO5. The number of fused-ring (bicyclic) bond motifs is 3.